The summed E-state index contributed by atoms with van der Waals surface area (Å²) in [6, 6.07) is 10.1. The van der Waals surface area contributed by atoms with Crippen LogP contribution in [0.25, 0.3) is 10.9 Å². The van der Waals surface area contributed by atoms with E-state index in [9.17, 15) is 16.1 Å². The zero-order valence-electron chi connectivity index (χ0n) is 20.6. The molecule has 8 nitrogen and oxygen atoms in total. The van der Waals surface area contributed by atoms with E-state index in [0.29, 0.717) is 56.6 Å². The molecule has 1 aliphatic heterocycles. The van der Waals surface area contributed by atoms with Crippen LogP contribution in [0, 0.1) is 17.1 Å². The number of nitrogens with one attached hydrogen (secondary N) is 4. The van der Waals surface area contributed by atoms with E-state index in [1.165, 1.54) is 18.3 Å². The molecular weight excluding hydrogens is 481 g/mol. The number of hydrazine groups is 2. The first kappa shape index (κ1) is 22.9. The monoisotopic (exact) mass is 508 g/mol. The minimum Gasteiger partial charge on any atom is -0.396 e. The first-order valence-electron chi connectivity index (χ1n) is 12.3. The predicted molar refractivity (Wildman–Crippen MR) is 138 cm³/mol. The van der Waals surface area contributed by atoms with E-state index in [1.54, 1.807) is 24.3 Å². The lowest BCUT2D eigenvalue weighted by molar-refractivity contribution is 0.260. The third-order valence-corrected chi connectivity index (χ3v) is 6.49. The molecule has 5 N–H and O–H groups in total. The lowest BCUT2D eigenvalue weighted by Crippen LogP contribution is -2.38. The van der Waals surface area contributed by atoms with Gasteiger partial charge in [-0.15, -0.1) is 5.53 Å². The highest BCUT2D eigenvalue weighted by molar-refractivity contribution is 6.35. The maximum Gasteiger partial charge on any atom is 0.123 e. The number of hydrogen-bond donors (Lipinski definition) is 5. The van der Waals surface area contributed by atoms with Crippen molar-refractivity contribution >= 4 is 33.9 Å². The number of anilines is 2. The zero-order valence-corrected chi connectivity index (χ0v) is 20.4. The summed E-state index contributed by atoms with van der Waals surface area (Å²) in [5.41, 5.74) is 9.14. The molecule has 0 bridgehead atoms. The van der Waals surface area contributed by atoms with Crippen LogP contribution in [0.4, 0.5) is 15.8 Å². The van der Waals surface area contributed by atoms with Gasteiger partial charge in [0.25, 0.3) is 0 Å². The average Bonchev–Trinajstić information content (AvgIpc) is 3.60. The molecule has 3 aromatic rings. The van der Waals surface area contributed by atoms with Gasteiger partial charge in [0.1, 0.15) is 11.9 Å². The van der Waals surface area contributed by atoms with E-state index in [2.05, 4.69) is 32.6 Å². The van der Waals surface area contributed by atoms with Crippen LogP contribution in [-0.4, -0.2) is 33.8 Å². The third kappa shape index (κ3) is 5.02. The molecule has 1 aromatic heterocycles. The first-order valence-corrected chi connectivity index (χ1v) is 12.2. The maximum atomic E-state index is 13.8. The second kappa shape index (κ2) is 10.2. The number of aliphatic hydroxyl groups excluding tert-OH is 1. The Hall–Kier alpha value is -3.58. The number of pyridine rings is 1. The predicted octanol–water partition coefficient (Wildman–Crippen LogP) is 4.56. The summed E-state index contributed by atoms with van der Waals surface area (Å²) in [7, 11) is 0. The Morgan fingerprint density at radius 3 is 2.81 bits per heavy atom. The van der Waals surface area contributed by atoms with Crippen LogP contribution in [-0.2, 0) is 0 Å². The molecule has 2 heterocycles. The van der Waals surface area contributed by atoms with Crippen LogP contribution >= 0.6 is 11.6 Å². The number of benzene rings is 2. The highest BCUT2D eigenvalue weighted by atomic mass is 35.5. The smallest absolute Gasteiger partial charge is 0.123 e. The van der Waals surface area contributed by atoms with E-state index in [0.717, 1.165) is 12.8 Å². The molecule has 186 valence electrons. The van der Waals surface area contributed by atoms with Gasteiger partial charge in [-0.05, 0) is 56.0 Å². The van der Waals surface area contributed by atoms with E-state index in [-0.39, 0.29) is 12.6 Å². The van der Waals surface area contributed by atoms with Gasteiger partial charge in [0.15, 0.2) is 0 Å². The van der Waals surface area contributed by atoms with Crippen molar-refractivity contribution in [3.8, 4) is 6.07 Å². The van der Waals surface area contributed by atoms with Gasteiger partial charge in [-0.1, -0.05) is 23.7 Å². The molecule has 1 fully saturated rings. The number of aromatic nitrogens is 1. The Kier molecular flexibility index (Phi) is 6.47. The number of aliphatic hydroxyl groups is 1. The van der Waals surface area contributed by atoms with Crippen molar-refractivity contribution in [2.24, 2.45) is 0 Å². The highest BCUT2D eigenvalue weighted by Crippen LogP contribution is 2.37. The first-order chi connectivity index (χ1) is 17.8. The summed E-state index contributed by atoms with van der Waals surface area (Å²) in [5.74, 6) is -0.395. The van der Waals surface area contributed by atoms with Crippen LogP contribution in [0.3, 0.4) is 0 Å². The van der Waals surface area contributed by atoms with Gasteiger partial charge in [-0.3, -0.25) is 9.99 Å². The van der Waals surface area contributed by atoms with Gasteiger partial charge < -0.3 is 21.2 Å². The van der Waals surface area contributed by atoms with Crippen molar-refractivity contribution in [3.05, 3.63) is 76.5 Å². The second-order valence-electron chi connectivity index (χ2n) is 9.00. The van der Waals surface area contributed by atoms with Crippen LogP contribution in [0.5, 0.6) is 0 Å². The Labute approximate surface area is 215 Å². The SMILES string of the molecule is [2H]C(Nc1cc(Cl)c2ncc(C#N)c(NC(C)CCO)c2c1)(C1=CN(C2CC2)NN1)c1ccc(F)cc1. The van der Waals surface area contributed by atoms with Gasteiger partial charge in [0, 0.05) is 42.2 Å². The molecule has 36 heavy (non-hydrogen) atoms. The van der Waals surface area contributed by atoms with Crippen molar-refractivity contribution in [2.75, 3.05) is 17.2 Å². The Balaban J connectivity index is 1.60. The van der Waals surface area contributed by atoms with Crippen LogP contribution in [0.2, 0.25) is 5.02 Å². The second-order valence-corrected chi connectivity index (χ2v) is 9.40. The quantitative estimate of drug-likeness (QED) is 0.286. The minimum atomic E-state index is -1.53. The summed E-state index contributed by atoms with van der Waals surface area (Å²) in [6.07, 6.45) is 5.93. The lowest BCUT2D eigenvalue weighted by atomic mass is 10.0. The normalized spacial score (nSPS) is 18.0. The molecule has 2 aliphatic rings. The number of nitrogens with zero attached hydrogens (tertiary/aromatic N) is 3. The standard InChI is InChI=1S/C26H27ClFN7O/c1-15(8-9-36)31-24-17(12-29)13-30-26-21(24)10-19(11-22(26)27)32-25(16-2-4-18(28)5-3-16)23-14-35(34-33-23)20-6-7-20/h2-5,10-11,13-15,20,25,32-34,36H,6-9H2,1H3,(H,30,31)/i25D. The summed E-state index contributed by atoms with van der Waals surface area (Å²) >= 11 is 6.64. The molecule has 0 spiro atoms. The van der Waals surface area contributed by atoms with Gasteiger partial charge in [-0.25, -0.2) is 4.39 Å². The lowest BCUT2D eigenvalue weighted by Gasteiger charge is -2.23. The number of fused-ring (bicyclic) bond motifs is 1. The van der Waals surface area contributed by atoms with Crippen molar-refractivity contribution in [3.63, 3.8) is 0 Å². The Morgan fingerprint density at radius 1 is 1.33 bits per heavy atom. The molecule has 2 aromatic carbocycles. The number of halogens is 2. The van der Waals surface area contributed by atoms with Crippen LogP contribution < -0.4 is 21.6 Å². The molecule has 0 radical (unpaired) electrons. The molecule has 5 rings (SSSR count). The molecule has 2 unspecified atom stereocenters. The molecule has 1 aliphatic carbocycles. The molecule has 1 saturated carbocycles. The van der Waals surface area contributed by atoms with E-state index >= 15 is 0 Å². The molecule has 10 heteroatoms. The van der Waals surface area contributed by atoms with Gasteiger partial charge in [0.05, 0.1) is 34.9 Å². The van der Waals surface area contributed by atoms with Crippen molar-refractivity contribution in [1.29, 1.82) is 5.26 Å². The van der Waals surface area contributed by atoms with Crippen molar-refractivity contribution in [2.45, 2.75) is 44.3 Å². The third-order valence-electron chi connectivity index (χ3n) is 6.20. The van der Waals surface area contributed by atoms with E-state index in [4.69, 9.17) is 11.6 Å². The van der Waals surface area contributed by atoms with Gasteiger partial charge >= 0.3 is 0 Å². The Bertz CT molecular complexity index is 1390. The fraction of sp³-hybridized carbons (Fsp3) is 0.308. The summed E-state index contributed by atoms with van der Waals surface area (Å²) in [6.45, 7) is 1.91. The fourth-order valence-electron chi connectivity index (χ4n) is 4.14. The Morgan fingerprint density at radius 2 is 2.11 bits per heavy atom. The molecular formula is C26H27ClFN7O. The van der Waals surface area contributed by atoms with Gasteiger partial charge in [-0.2, -0.15) is 5.26 Å². The van der Waals surface area contributed by atoms with Crippen molar-refractivity contribution < 1.29 is 10.9 Å². The zero-order chi connectivity index (χ0) is 26.2. The van der Waals surface area contributed by atoms with Gasteiger partial charge in [0.2, 0.25) is 0 Å². The summed E-state index contributed by atoms with van der Waals surface area (Å²) in [5, 5.41) is 28.5. The number of rotatable bonds is 9. The summed E-state index contributed by atoms with van der Waals surface area (Å²) < 4.78 is 23.3. The largest absolute Gasteiger partial charge is 0.396 e. The van der Waals surface area contributed by atoms with Crippen LogP contribution in [0.1, 0.15) is 44.7 Å². The molecule has 0 saturated heterocycles. The number of hydrogen-bond acceptors (Lipinski definition) is 8. The van der Waals surface area contributed by atoms with Crippen LogP contribution in [0.15, 0.2) is 54.5 Å². The fourth-order valence-corrected chi connectivity index (χ4v) is 4.41. The minimum absolute atomic E-state index is 0.000311. The molecule has 0 amide bonds. The van der Waals surface area contributed by atoms with E-state index < -0.39 is 11.8 Å². The number of nitriles is 1. The molecule has 2 atom stereocenters. The maximum absolute atomic E-state index is 13.8. The van der Waals surface area contributed by atoms with E-state index in [1.807, 2.05) is 18.1 Å². The average molecular weight is 509 g/mol. The summed E-state index contributed by atoms with van der Waals surface area (Å²) in [4.78, 5) is 4.38. The van der Waals surface area contributed by atoms with Crippen molar-refractivity contribution in [1.82, 2.24) is 21.0 Å². The highest BCUT2D eigenvalue weighted by Gasteiger charge is 2.32. The topological polar surface area (TPSA) is 108 Å².